The van der Waals surface area contributed by atoms with Crippen molar-refractivity contribution in [1.82, 2.24) is 4.98 Å². The van der Waals surface area contributed by atoms with Crippen molar-refractivity contribution < 1.29 is 14.5 Å². The van der Waals surface area contributed by atoms with Gasteiger partial charge >= 0.3 is 5.97 Å². The van der Waals surface area contributed by atoms with Gasteiger partial charge in [-0.05, 0) is 23.6 Å². The number of nitrogens with zero attached hydrogens (tertiary/aromatic N) is 2. The summed E-state index contributed by atoms with van der Waals surface area (Å²) in [6, 6.07) is 8.16. The maximum Gasteiger partial charge on any atom is 0.331 e. The highest BCUT2D eigenvalue weighted by atomic mass is 32.1. The first-order chi connectivity index (χ1) is 12.1. The highest BCUT2D eigenvalue weighted by Gasteiger charge is 2.10. The molecular formula is C17H12N2O4S2. The molecule has 0 fully saturated rings. The Kier molecular flexibility index (Phi) is 5.32. The van der Waals surface area contributed by atoms with Crippen molar-refractivity contribution in [2.24, 2.45) is 0 Å². The van der Waals surface area contributed by atoms with Gasteiger partial charge in [0.2, 0.25) is 0 Å². The molecule has 126 valence electrons. The number of carbonyl (C=O) groups excluding carboxylic acids is 1. The van der Waals surface area contributed by atoms with Crippen LogP contribution in [0.2, 0.25) is 0 Å². The van der Waals surface area contributed by atoms with E-state index in [1.165, 1.54) is 29.6 Å². The van der Waals surface area contributed by atoms with Crippen LogP contribution in [0.1, 0.15) is 11.3 Å². The first-order valence-electron chi connectivity index (χ1n) is 7.19. The molecule has 3 aromatic rings. The van der Waals surface area contributed by atoms with Crippen LogP contribution in [-0.4, -0.2) is 15.9 Å². The fourth-order valence-electron chi connectivity index (χ4n) is 2.04. The molecule has 6 nitrogen and oxygen atoms in total. The number of benzene rings is 1. The van der Waals surface area contributed by atoms with Crippen LogP contribution in [0.5, 0.6) is 0 Å². The van der Waals surface area contributed by atoms with Crippen LogP contribution in [-0.2, 0) is 16.1 Å². The molecule has 0 amide bonds. The van der Waals surface area contributed by atoms with Gasteiger partial charge in [0, 0.05) is 28.5 Å². The number of aromatic nitrogens is 1. The SMILES string of the molecule is O=C(/C=C/c1ccccc1[N+](=O)[O-])OCc1csc(-c2ccsc2)n1. The average molecular weight is 372 g/mol. The fourth-order valence-corrected chi connectivity index (χ4v) is 3.55. The summed E-state index contributed by atoms with van der Waals surface area (Å²) in [5.74, 6) is -0.580. The molecule has 3 rings (SSSR count). The quantitative estimate of drug-likeness (QED) is 0.275. The molecule has 0 N–H and O–H groups in total. The minimum atomic E-state index is -0.580. The van der Waals surface area contributed by atoms with E-state index in [4.69, 9.17) is 4.74 Å². The lowest BCUT2D eigenvalue weighted by Gasteiger charge is -1.99. The van der Waals surface area contributed by atoms with Crippen molar-refractivity contribution >= 4 is 40.4 Å². The molecule has 0 aliphatic heterocycles. The van der Waals surface area contributed by atoms with Crippen molar-refractivity contribution in [2.75, 3.05) is 0 Å². The Labute approximate surface area is 151 Å². The van der Waals surface area contributed by atoms with Crippen molar-refractivity contribution in [3.63, 3.8) is 0 Å². The molecular weight excluding hydrogens is 360 g/mol. The first kappa shape index (κ1) is 17.0. The molecule has 0 aliphatic carbocycles. The predicted molar refractivity (Wildman–Crippen MR) is 97.4 cm³/mol. The zero-order valence-electron chi connectivity index (χ0n) is 12.8. The largest absolute Gasteiger partial charge is 0.456 e. The van der Waals surface area contributed by atoms with Crippen LogP contribution < -0.4 is 0 Å². The normalized spacial score (nSPS) is 10.9. The number of carbonyl (C=O) groups is 1. The third-order valence-corrected chi connectivity index (χ3v) is 4.84. The Bertz CT molecular complexity index is 916. The molecule has 0 spiro atoms. The summed E-state index contributed by atoms with van der Waals surface area (Å²) in [4.78, 5) is 26.7. The number of ether oxygens (including phenoxy) is 1. The van der Waals surface area contributed by atoms with Crippen LogP contribution in [0.3, 0.4) is 0 Å². The van der Waals surface area contributed by atoms with Gasteiger partial charge in [-0.3, -0.25) is 10.1 Å². The van der Waals surface area contributed by atoms with E-state index < -0.39 is 10.9 Å². The molecule has 2 heterocycles. The summed E-state index contributed by atoms with van der Waals surface area (Å²) in [5, 5.41) is 17.6. The number of hydrogen-bond donors (Lipinski definition) is 0. The number of thiazole rings is 1. The second-order valence-electron chi connectivity index (χ2n) is 4.91. The van der Waals surface area contributed by atoms with Gasteiger partial charge in [0.25, 0.3) is 5.69 Å². The minimum absolute atomic E-state index is 0.0562. The van der Waals surface area contributed by atoms with Gasteiger partial charge in [-0.15, -0.1) is 11.3 Å². The lowest BCUT2D eigenvalue weighted by Crippen LogP contribution is -2.01. The zero-order chi connectivity index (χ0) is 17.6. The highest BCUT2D eigenvalue weighted by molar-refractivity contribution is 7.14. The molecule has 0 unspecified atom stereocenters. The van der Waals surface area contributed by atoms with Crippen molar-refractivity contribution in [1.29, 1.82) is 0 Å². The van der Waals surface area contributed by atoms with E-state index >= 15 is 0 Å². The number of para-hydroxylation sites is 1. The van der Waals surface area contributed by atoms with Crippen molar-refractivity contribution in [3.8, 4) is 10.6 Å². The summed E-state index contributed by atoms with van der Waals surface area (Å²) in [6.07, 6.45) is 2.55. The standard InChI is InChI=1S/C17H12N2O4S2/c20-16(6-5-12-3-1-2-4-15(12)19(21)22)23-9-14-11-25-17(18-14)13-7-8-24-10-13/h1-8,10-11H,9H2/b6-5+. The van der Waals surface area contributed by atoms with Crippen LogP contribution in [0.25, 0.3) is 16.6 Å². The summed E-state index contributed by atoms with van der Waals surface area (Å²) < 4.78 is 5.13. The second-order valence-corrected chi connectivity index (χ2v) is 6.55. The van der Waals surface area contributed by atoms with Gasteiger partial charge in [0.15, 0.2) is 0 Å². The van der Waals surface area contributed by atoms with Gasteiger partial charge in [0.1, 0.15) is 11.6 Å². The monoisotopic (exact) mass is 372 g/mol. The van der Waals surface area contributed by atoms with Gasteiger partial charge < -0.3 is 4.74 Å². The number of nitro benzene ring substituents is 1. The van der Waals surface area contributed by atoms with E-state index in [9.17, 15) is 14.9 Å². The topological polar surface area (TPSA) is 82.3 Å². The summed E-state index contributed by atoms with van der Waals surface area (Å²) in [6.45, 7) is 0.0562. The Morgan fingerprint density at radius 3 is 2.88 bits per heavy atom. The van der Waals surface area contributed by atoms with E-state index in [1.54, 1.807) is 29.5 Å². The molecule has 0 atom stereocenters. The molecule has 0 saturated heterocycles. The molecule has 1 aromatic carbocycles. The van der Waals surface area contributed by atoms with E-state index in [-0.39, 0.29) is 12.3 Å². The second kappa shape index (κ2) is 7.82. The van der Waals surface area contributed by atoms with Crippen LogP contribution >= 0.6 is 22.7 Å². The number of nitro groups is 1. The zero-order valence-corrected chi connectivity index (χ0v) is 14.5. The Hall–Kier alpha value is -2.84. The third-order valence-electron chi connectivity index (χ3n) is 3.21. The van der Waals surface area contributed by atoms with Crippen LogP contribution in [0.4, 0.5) is 5.69 Å². The Morgan fingerprint density at radius 2 is 2.12 bits per heavy atom. The average Bonchev–Trinajstić information content (AvgIpc) is 3.29. The van der Waals surface area contributed by atoms with Gasteiger partial charge in [0.05, 0.1) is 16.2 Å². The summed E-state index contributed by atoms with van der Waals surface area (Å²) in [5.41, 5.74) is 1.99. The molecule has 2 aromatic heterocycles. The molecule has 0 bridgehead atoms. The van der Waals surface area contributed by atoms with Crippen molar-refractivity contribution in [2.45, 2.75) is 6.61 Å². The fraction of sp³-hybridized carbons (Fsp3) is 0.0588. The summed E-state index contributed by atoms with van der Waals surface area (Å²) >= 11 is 3.08. The van der Waals surface area contributed by atoms with Gasteiger partial charge in [-0.2, -0.15) is 11.3 Å². The van der Waals surface area contributed by atoms with Crippen molar-refractivity contribution in [3.05, 3.63) is 73.9 Å². The Balaban J connectivity index is 1.59. The van der Waals surface area contributed by atoms with E-state index in [0.29, 0.717) is 11.3 Å². The van der Waals surface area contributed by atoms with Crippen LogP contribution in [0, 0.1) is 10.1 Å². The number of hydrogen-bond acceptors (Lipinski definition) is 7. The van der Waals surface area contributed by atoms with Crippen LogP contribution in [0.15, 0.2) is 52.5 Å². The van der Waals surface area contributed by atoms with E-state index in [2.05, 4.69) is 4.98 Å². The van der Waals surface area contributed by atoms with E-state index in [1.807, 2.05) is 22.2 Å². The number of thiophene rings is 1. The highest BCUT2D eigenvalue weighted by Crippen LogP contribution is 2.26. The number of rotatable bonds is 6. The van der Waals surface area contributed by atoms with E-state index in [0.717, 1.165) is 10.6 Å². The molecule has 0 saturated carbocycles. The lowest BCUT2D eigenvalue weighted by molar-refractivity contribution is -0.385. The predicted octanol–water partition coefficient (Wildman–Crippen LogP) is 4.54. The lowest BCUT2D eigenvalue weighted by atomic mass is 10.1. The van der Waals surface area contributed by atoms with Gasteiger partial charge in [-0.25, -0.2) is 9.78 Å². The minimum Gasteiger partial charge on any atom is -0.456 e. The Morgan fingerprint density at radius 1 is 1.28 bits per heavy atom. The first-order valence-corrected chi connectivity index (χ1v) is 9.01. The molecule has 8 heteroatoms. The maximum atomic E-state index is 11.8. The third kappa shape index (κ3) is 4.37. The maximum absolute atomic E-state index is 11.8. The molecule has 0 aliphatic rings. The molecule has 0 radical (unpaired) electrons. The van der Waals surface area contributed by atoms with Gasteiger partial charge in [-0.1, -0.05) is 12.1 Å². The molecule has 25 heavy (non-hydrogen) atoms. The smallest absolute Gasteiger partial charge is 0.331 e. The number of esters is 1. The summed E-state index contributed by atoms with van der Waals surface area (Å²) in [7, 11) is 0.